The third kappa shape index (κ3) is 4.91. The molecule has 0 fully saturated rings. The molecule has 9 nitrogen and oxygen atoms in total. The Kier molecular flexibility index (Phi) is 6.02. The molecule has 0 aliphatic heterocycles. The number of hydrogen-bond acceptors (Lipinski definition) is 6. The number of azo groups is 1. The van der Waals surface area contributed by atoms with Crippen LogP contribution in [-0.4, -0.2) is 37.7 Å². The molecule has 0 atom stereocenters. The van der Waals surface area contributed by atoms with E-state index < -0.39 is 10.4 Å². The van der Waals surface area contributed by atoms with Crippen LogP contribution in [0.5, 0.6) is 0 Å². The van der Waals surface area contributed by atoms with Crippen LogP contribution >= 0.6 is 0 Å². The summed E-state index contributed by atoms with van der Waals surface area (Å²) in [6.07, 6.45) is 0. The van der Waals surface area contributed by atoms with E-state index >= 15 is 0 Å². The molecule has 0 saturated carbocycles. The van der Waals surface area contributed by atoms with Gasteiger partial charge in [0.05, 0.1) is 13.7 Å². The predicted molar refractivity (Wildman–Crippen MR) is 105 cm³/mol. The van der Waals surface area contributed by atoms with Crippen LogP contribution in [0.15, 0.2) is 58.8 Å². The maximum atomic E-state index is 10.6. The van der Waals surface area contributed by atoms with Crippen molar-refractivity contribution < 1.29 is 21.7 Å². The maximum Gasteiger partial charge on any atom is 0.419 e. The molecule has 0 aliphatic rings. The lowest BCUT2D eigenvalue weighted by atomic mass is 10.2. The van der Waals surface area contributed by atoms with Gasteiger partial charge in [0.1, 0.15) is 16.7 Å². The Morgan fingerprint density at radius 3 is 2.50 bits per heavy atom. The molecule has 0 radical (unpaired) electrons. The second-order valence-corrected chi connectivity index (χ2v) is 7.16. The van der Waals surface area contributed by atoms with Crippen LogP contribution in [0.1, 0.15) is 6.92 Å². The molecule has 10 heteroatoms. The van der Waals surface area contributed by atoms with E-state index in [2.05, 4.69) is 19.4 Å². The minimum absolute atomic E-state index is 0.134. The van der Waals surface area contributed by atoms with E-state index in [1.807, 2.05) is 72.0 Å². The van der Waals surface area contributed by atoms with E-state index in [-0.39, 0.29) is 6.61 Å². The number of rotatable bonds is 8. The summed E-state index contributed by atoms with van der Waals surface area (Å²) in [5, 5.41) is 8.56. The van der Waals surface area contributed by atoms with Gasteiger partial charge < -0.3 is 4.90 Å². The van der Waals surface area contributed by atoms with Crippen LogP contribution in [0, 0.1) is 0 Å². The molecule has 0 aliphatic carbocycles. The van der Waals surface area contributed by atoms with Crippen molar-refractivity contribution in [3.05, 3.63) is 48.5 Å². The van der Waals surface area contributed by atoms with Crippen LogP contribution in [0.25, 0.3) is 11.0 Å². The number of nitrogens with one attached hydrogen (secondary N) is 1. The molecule has 0 bridgehead atoms. The molecular weight excluding hydrogens is 382 g/mol. The van der Waals surface area contributed by atoms with Gasteiger partial charge >= 0.3 is 16.3 Å². The third-order valence-electron chi connectivity index (χ3n) is 4.28. The Morgan fingerprint density at radius 1 is 1.14 bits per heavy atom. The van der Waals surface area contributed by atoms with Gasteiger partial charge in [-0.05, 0) is 43.3 Å². The Morgan fingerprint density at radius 2 is 1.86 bits per heavy atom. The molecule has 148 valence electrons. The van der Waals surface area contributed by atoms with Crippen molar-refractivity contribution in [1.29, 1.82) is 0 Å². The topological polar surface area (TPSA) is 111 Å². The molecule has 0 amide bonds. The number of H-pyrrole nitrogens is 1. The second kappa shape index (κ2) is 8.46. The number of likely N-dealkylation sites (N-methyl/N-ethyl adjacent to an activating group) is 1. The largest absolute Gasteiger partial charge is 0.419 e. The highest BCUT2D eigenvalue weighted by atomic mass is 32.3. The van der Waals surface area contributed by atoms with Crippen molar-refractivity contribution in [2.75, 3.05) is 24.6 Å². The molecule has 0 spiro atoms. The zero-order chi connectivity index (χ0) is 20.1. The van der Waals surface area contributed by atoms with Gasteiger partial charge in [0.25, 0.3) is 0 Å². The highest BCUT2D eigenvalue weighted by Crippen LogP contribution is 2.22. The minimum Gasteiger partial charge on any atom is -0.369 e. The molecule has 3 aromatic rings. The normalized spacial score (nSPS) is 12.1. The van der Waals surface area contributed by atoms with Crippen LogP contribution in [0.3, 0.4) is 0 Å². The fraction of sp³-hybridized carbons (Fsp3) is 0.278. The van der Waals surface area contributed by atoms with Crippen LogP contribution < -0.4 is 9.47 Å². The van der Waals surface area contributed by atoms with Crippen molar-refractivity contribution in [1.82, 2.24) is 4.98 Å². The molecule has 2 N–H and O–H groups in total. The van der Waals surface area contributed by atoms with E-state index in [1.54, 1.807) is 0 Å². The zero-order valence-corrected chi connectivity index (χ0v) is 16.4. The monoisotopic (exact) mass is 404 g/mol. The van der Waals surface area contributed by atoms with Gasteiger partial charge in [0, 0.05) is 23.9 Å². The van der Waals surface area contributed by atoms with Crippen molar-refractivity contribution in [2.45, 2.75) is 6.92 Å². The van der Waals surface area contributed by atoms with Crippen molar-refractivity contribution in [3.63, 3.8) is 0 Å². The molecule has 2 aromatic carbocycles. The zero-order valence-electron chi connectivity index (χ0n) is 15.6. The van der Waals surface area contributed by atoms with Gasteiger partial charge in [-0.3, -0.25) is 4.55 Å². The number of aryl methyl sites for hydroxylation is 1. The number of nitrogens with zero attached hydrogens (tertiary/aromatic N) is 4. The number of fused-ring (bicyclic) bond motifs is 1. The maximum absolute atomic E-state index is 10.6. The quantitative estimate of drug-likeness (QED) is 0.340. The number of aromatic amines is 1. The number of hydrogen-bond donors (Lipinski definition) is 2. The van der Waals surface area contributed by atoms with E-state index in [4.69, 9.17) is 4.55 Å². The summed E-state index contributed by atoms with van der Waals surface area (Å²) in [5.74, 6) is 0.642. The highest BCUT2D eigenvalue weighted by Gasteiger charge is 2.14. The third-order valence-corrected chi connectivity index (χ3v) is 4.74. The summed E-state index contributed by atoms with van der Waals surface area (Å²) in [4.78, 5) is 5.14. The van der Waals surface area contributed by atoms with Gasteiger partial charge in [0.2, 0.25) is 0 Å². The Hall–Kier alpha value is -2.82. The van der Waals surface area contributed by atoms with Gasteiger partial charge in [-0.25, -0.2) is 13.7 Å². The fourth-order valence-corrected chi connectivity index (χ4v) is 3.13. The lowest BCUT2D eigenvalue weighted by molar-refractivity contribution is -0.631. The van der Waals surface area contributed by atoms with Crippen molar-refractivity contribution in [3.8, 4) is 0 Å². The van der Waals surface area contributed by atoms with Crippen molar-refractivity contribution >= 4 is 38.8 Å². The molecule has 3 rings (SSSR count). The van der Waals surface area contributed by atoms with E-state index in [1.165, 1.54) is 0 Å². The molecule has 1 heterocycles. The lowest BCUT2D eigenvalue weighted by Gasteiger charge is -2.22. The predicted octanol–water partition coefficient (Wildman–Crippen LogP) is 3.05. The standard InChI is InChI=1S/C18H21N5O4S/c1-3-23(12-13-27-28(24,25)26)15-10-8-14(9-11-15)20-21-18-19-16-6-4-5-7-17(16)22(18)2/h4-11H,3,12-13H2,1-2H3,(H,24,25,26)/p+1. The van der Waals surface area contributed by atoms with E-state index in [9.17, 15) is 8.42 Å². The highest BCUT2D eigenvalue weighted by molar-refractivity contribution is 7.80. The van der Waals surface area contributed by atoms with Crippen LogP contribution in [-0.2, 0) is 21.6 Å². The SMILES string of the molecule is CCN(CCOS(=O)(=O)O)c1ccc(N=Nc2[nH]c3ccccc3[n+]2C)cc1. The van der Waals surface area contributed by atoms with Crippen LogP contribution in [0.2, 0.25) is 0 Å². The summed E-state index contributed by atoms with van der Waals surface area (Å²) in [5.41, 5.74) is 3.60. The molecule has 0 saturated heterocycles. The number of anilines is 1. The number of para-hydroxylation sites is 2. The summed E-state index contributed by atoms with van der Waals surface area (Å²) >= 11 is 0. The number of aromatic nitrogens is 2. The van der Waals surface area contributed by atoms with Crippen LogP contribution in [0.4, 0.5) is 17.3 Å². The lowest BCUT2D eigenvalue weighted by Crippen LogP contribution is -2.27. The molecule has 1 aromatic heterocycles. The first kappa shape index (κ1) is 19.9. The molecule has 0 unspecified atom stereocenters. The van der Waals surface area contributed by atoms with Gasteiger partial charge in [0.15, 0.2) is 0 Å². The van der Waals surface area contributed by atoms with Crippen molar-refractivity contribution in [2.24, 2.45) is 17.3 Å². The van der Waals surface area contributed by atoms with E-state index in [0.717, 1.165) is 16.7 Å². The first-order valence-corrected chi connectivity index (χ1v) is 10.1. The average Bonchev–Trinajstić information content (AvgIpc) is 2.99. The minimum atomic E-state index is -4.42. The molecule has 28 heavy (non-hydrogen) atoms. The van der Waals surface area contributed by atoms with Gasteiger partial charge in [-0.15, -0.1) is 0 Å². The average molecular weight is 404 g/mol. The first-order chi connectivity index (χ1) is 13.4. The summed E-state index contributed by atoms with van der Waals surface area (Å²) in [6.45, 7) is 2.78. The van der Waals surface area contributed by atoms with Gasteiger partial charge in [-0.2, -0.15) is 8.42 Å². The number of benzene rings is 2. The second-order valence-electron chi connectivity index (χ2n) is 6.07. The van der Waals surface area contributed by atoms with E-state index in [0.29, 0.717) is 24.7 Å². The fourth-order valence-electron chi connectivity index (χ4n) is 2.84. The Bertz CT molecular complexity index is 1080. The summed E-state index contributed by atoms with van der Waals surface area (Å²) in [6, 6.07) is 15.3. The summed E-state index contributed by atoms with van der Waals surface area (Å²) < 4.78 is 36.2. The number of imidazole rings is 1. The van der Waals surface area contributed by atoms with Gasteiger partial charge in [-0.1, -0.05) is 17.2 Å². The molecular formula is C18H22N5O4S+. The summed E-state index contributed by atoms with van der Waals surface area (Å²) in [7, 11) is -2.50. The first-order valence-electron chi connectivity index (χ1n) is 8.72. The smallest absolute Gasteiger partial charge is 0.369 e. The Labute approximate surface area is 163 Å². The Balaban J connectivity index is 1.69.